The van der Waals surface area contributed by atoms with Gasteiger partial charge in [-0.25, -0.2) is 4.98 Å². The Morgan fingerprint density at radius 3 is 2.63 bits per heavy atom. The van der Waals surface area contributed by atoms with E-state index in [1.54, 1.807) is 24.4 Å². The lowest BCUT2D eigenvalue weighted by Crippen LogP contribution is -2.13. The van der Waals surface area contributed by atoms with E-state index in [4.69, 9.17) is 5.73 Å². The molecular weight excluding hydrogens is 259 g/mol. The summed E-state index contributed by atoms with van der Waals surface area (Å²) in [5.41, 5.74) is 4.84. The third-order valence-corrected chi connectivity index (χ3v) is 2.21. The first-order valence-corrected chi connectivity index (χ1v) is 5.30. The number of pyridine rings is 1. The first-order valence-electron chi connectivity index (χ1n) is 5.30. The minimum atomic E-state index is -4.56. The average Bonchev–Trinajstić information content (AvgIpc) is 2.36. The minimum Gasteiger partial charge on any atom is -0.368 e. The van der Waals surface area contributed by atoms with E-state index >= 15 is 0 Å². The molecule has 2 aromatic heterocycles. The summed E-state index contributed by atoms with van der Waals surface area (Å²) < 4.78 is 37.6. The van der Waals surface area contributed by atoms with Gasteiger partial charge in [-0.2, -0.15) is 18.2 Å². The van der Waals surface area contributed by atoms with Crippen LogP contribution in [-0.4, -0.2) is 15.0 Å². The van der Waals surface area contributed by atoms with E-state index in [9.17, 15) is 13.2 Å². The second kappa shape index (κ2) is 5.09. The van der Waals surface area contributed by atoms with Crippen LogP contribution < -0.4 is 11.1 Å². The molecule has 19 heavy (non-hydrogen) atoms. The van der Waals surface area contributed by atoms with Crippen molar-refractivity contribution in [3.05, 3.63) is 41.9 Å². The summed E-state index contributed by atoms with van der Waals surface area (Å²) in [5, 5.41) is 2.72. The zero-order valence-electron chi connectivity index (χ0n) is 9.65. The maximum absolute atomic E-state index is 12.5. The Morgan fingerprint density at radius 2 is 2.00 bits per heavy atom. The van der Waals surface area contributed by atoms with Gasteiger partial charge in [0.25, 0.3) is 0 Å². The third-order valence-electron chi connectivity index (χ3n) is 2.21. The van der Waals surface area contributed by atoms with Gasteiger partial charge < -0.3 is 11.1 Å². The highest BCUT2D eigenvalue weighted by atomic mass is 19.4. The van der Waals surface area contributed by atoms with Crippen molar-refractivity contribution in [1.29, 1.82) is 0 Å². The topological polar surface area (TPSA) is 76.7 Å². The van der Waals surface area contributed by atoms with E-state index in [1.165, 1.54) is 0 Å². The Hall–Kier alpha value is -2.38. The molecule has 0 spiro atoms. The Morgan fingerprint density at radius 1 is 1.21 bits per heavy atom. The molecule has 0 fully saturated rings. The lowest BCUT2D eigenvalue weighted by atomic mass is 10.3. The van der Waals surface area contributed by atoms with Gasteiger partial charge in [0.15, 0.2) is 5.69 Å². The van der Waals surface area contributed by atoms with Gasteiger partial charge in [0.05, 0.1) is 12.2 Å². The fraction of sp³-hybridized carbons (Fsp3) is 0.182. The van der Waals surface area contributed by atoms with Crippen molar-refractivity contribution in [2.24, 2.45) is 0 Å². The number of hydrogen-bond acceptors (Lipinski definition) is 5. The molecule has 2 rings (SSSR count). The van der Waals surface area contributed by atoms with Gasteiger partial charge >= 0.3 is 6.18 Å². The van der Waals surface area contributed by atoms with Crippen molar-refractivity contribution < 1.29 is 13.2 Å². The van der Waals surface area contributed by atoms with Crippen LogP contribution in [0.25, 0.3) is 0 Å². The molecule has 8 heteroatoms. The molecule has 0 aliphatic carbocycles. The molecule has 0 aliphatic rings. The van der Waals surface area contributed by atoms with Crippen LogP contribution in [0.2, 0.25) is 0 Å². The SMILES string of the molecule is Nc1nc(NCc2ccccn2)cc(C(F)(F)F)n1. The second-order valence-electron chi connectivity index (χ2n) is 3.67. The molecule has 0 aromatic carbocycles. The quantitative estimate of drug-likeness (QED) is 0.892. The predicted octanol–water partition coefficient (Wildman–Crippen LogP) is 2.08. The molecule has 2 heterocycles. The zero-order valence-corrected chi connectivity index (χ0v) is 9.65. The summed E-state index contributed by atoms with van der Waals surface area (Å²) in [7, 11) is 0. The maximum atomic E-state index is 12.5. The Bertz CT molecular complexity index is 556. The van der Waals surface area contributed by atoms with Gasteiger partial charge in [0, 0.05) is 12.3 Å². The number of hydrogen-bond donors (Lipinski definition) is 2. The van der Waals surface area contributed by atoms with E-state index < -0.39 is 17.8 Å². The summed E-state index contributed by atoms with van der Waals surface area (Å²) in [5.74, 6) is -0.427. The molecule has 100 valence electrons. The molecule has 0 unspecified atom stereocenters. The number of alkyl halides is 3. The minimum absolute atomic E-state index is 0.00507. The molecular formula is C11H10F3N5. The Balaban J connectivity index is 2.15. The van der Waals surface area contributed by atoms with Crippen molar-refractivity contribution >= 4 is 11.8 Å². The summed E-state index contributed by atoms with van der Waals surface area (Å²) in [6, 6.07) is 6.06. The lowest BCUT2D eigenvalue weighted by molar-refractivity contribution is -0.141. The number of rotatable bonds is 3. The summed E-state index contributed by atoms with van der Waals surface area (Å²) in [6.07, 6.45) is -2.97. The predicted molar refractivity (Wildman–Crippen MR) is 63.0 cm³/mol. The van der Waals surface area contributed by atoms with Crippen molar-refractivity contribution in [1.82, 2.24) is 15.0 Å². The first kappa shape index (κ1) is 13.1. The van der Waals surface area contributed by atoms with Gasteiger partial charge in [-0.15, -0.1) is 0 Å². The fourth-order valence-corrected chi connectivity index (χ4v) is 1.39. The van der Waals surface area contributed by atoms with E-state index in [0.29, 0.717) is 5.69 Å². The van der Waals surface area contributed by atoms with Crippen LogP contribution in [0.1, 0.15) is 11.4 Å². The van der Waals surface area contributed by atoms with Crippen LogP contribution in [0, 0.1) is 0 Å². The van der Waals surface area contributed by atoms with Crippen LogP contribution >= 0.6 is 0 Å². The largest absolute Gasteiger partial charge is 0.433 e. The summed E-state index contributed by atoms with van der Waals surface area (Å²) >= 11 is 0. The number of nitrogen functional groups attached to an aromatic ring is 1. The summed E-state index contributed by atoms with van der Waals surface area (Å²) in [6.45, 7) is 0.245. The molecule has 0 atom stereocenters. The van der Waals surface area contributed by atoms with Crippen molar-refractivity contribution in [3.8, 4) is 0 Å². The Kier molecular flexibility index (Phi) is 3.50. The highest BCUT2D eigenvalue weighted by Gasteiger charge is 2.33. The highest BCUT2D eigenvalue weighted by molar-refractivity contribution is 5.41. The van der Waals surface area contributed by atoms with E-state index in [2.05, 4.69) is 20.3 Å². The third kappa shape index (κ3) is 3.54. The number of nitrogens with one attached hydrogen (secondary N) is 1. The average molecular weight is 269 g/mol. The number of nitrogens with two attached hydrogens (primary N) is 1. The smallest absolute Gasteiger partial charge is 0.368 e. The molecule has 0 amide bonds. The van der Waals surface area contributed by atoms with Crippen molar-refractivity contribution in [2.75, 3.05) is 11.1 Å². The van der Waals surface area contributed by atoms with Crippen LogP contribution in [-0.2, 0) is 12.7 Å². The molecule has 0 radical (unpaired) electrons. The molecule has 0 bridgehead atoms. The van der Waals surface area contributed by atoms with E-state index in [0.717, 1.165) is 6.07 Å². The monoisotopic (exact) mass is 269 g/mol. The highest BCUT2D eigenvalue weighted by Crippen LogP contribution is 2.29. The molecule has 5 nitrogen and oxygen atoms in total. The van der Waals surface area contributed by atoms with Crippen LogP contribution in [0.4, 0.5) is 24.9 Å². The molecule has 3 N–H and O–H groups in total. The molecule has 0 saturated carbocycles. The van der Waals surface area contributed by atoms with E-state index in [1.807, 2.05) is 0 Å². The van der Waals surface area contributed by atoms with Crippen LogP contribution in [0.3, 0.4) is 0 Å². The second-order valence-corrected chi connectivity index (χ2v) is 3.67. The lowest BCUT2D eigenvalue weighted by Gasteiger charge is -2.10. The van der Waals surface area contributed by atoms with Crippen molar-refractivity contribution in [2.45, 2.75) is 12.7 Å². The van der Waals surface area contributed by atoms with Gasteiger partial charge in [-0.3, -0.25) is 4.98 Å². The molecule has 0 aliphatic heterocycles. The number of halogens is 3. The Labute approximate surface area is 106 Å². The zero-order chi connectivity index (χ0) is 13.9. The number of anilines is 2. The van der Waals surface area contributed by atoms with Crippen molar-refractivity contribution in [3.63, 3.8) is 0 Å². The standard InChI is InChI=1S/C11H10F3N5/c12-11(13,14)8-5-9(19-10(15)18-8)17-6-7-3-1-2-4-16-7/h1-5H,6H2,(H3,15,17,18,19). The molecule has 0 saturated heterocycles. The maximum Gasteiger partial charge on any atom is 0.433 e. The summed E-state index contributed by atoms with van der Waals surface area (Å²) in [4.78, 5) is 10.9. The molecule has 2 aromatic rings. The normalized spacial score (nSPS) is 11.3. The fourth-order valence-electron chi connectivity index (χ4n) is 1.39. The van der Waals surface area contributed by atoms with Gasteiger partial charge in [-0.1, -0.05) is 6.07 Å². The first-order chi connectivity index (χ1) is 8.95. The van der Waals surface area contributed by atoms with Gasteiger partial charge in [0.2, 0.25) is 5.95 Å². The number of nitrogens with zero attached hydrogens (tertiary/aromatic N) is 3. The van der Waals surface area contributed by atoms with Crippen LogP contribution in [0.15, 0.2) is 30.5 Å². The number of aromatic nitrogens is 3. The van der Waals surface area contributed by atoms with Gasteiger partial charge in [0.1, 0.15) is 5.82 Å². The van der Waals surface area contributed by atoms with E-state index in [-0.39, 0.29) is 12.4 Å². The van der Waals surface area contributed by atoms with Gasteiger partial charge in [-0.05, 0) is 12.1 Å². The van der Waals surface area contributed by atoms with Crippen LogP contribution in [0.5, 0.6) is 0 Å².